The molecular weight excluding hydrogens is 437 g/mol. The molecule has 9 heteroatoms. The molecule has 32 heavy (non-hydrogen) atoms. The molecule has 0 atom stereocenters. The number of piperidine rings is 1. The van der Waals surface area contributed by atoms with Gasteiger partial charge in [-0.05, 0) is 57.7 Å². The molecule has 2 heterocycles. The lowest BCUT2D eigenvalue weighted by atomic mass is 9.93. The van der Waals surface area contributed by atoms with Gasteiger partial charge in [0.1, 0.15) is 11.4 Å². The van der Waals surface area contributed by atoms with E-state index >= 15 is 0 Å². The van der Waals surface area contributed by atoms with Gasteiger partial charge in [-0.15, -0.1) is 0 Å². The summed E-state index contributed by atoms with van der Waals surface area (Å²) in [5.74, 6) is -0.429. The SMILES string of the molecule is CC(C)(C)OC(=O)N1CCC(CC(=O)N2CCN(C(=O)c3ccc(F)cc3Cl)CC2)CC1. The summed E-state index contributed by atoms with van der Waals surface area (Å²) in [5, 5.41) is 0.0891. The van der Waals surface area contributed by atoms with Crippen LogP contribution in [0.5, 0.6) is 0 Å². The number of benzene rings is 1. The van der Waals surface area contributed by atoms with E-state index in [9.17, 15) is 18.8 Å². The number of carbonyl (C=O) groups is 3. The first kappa shape index (κ1) is 24.3. The van der Waals surface area contributed by atoms with E-state index in [1.54, 1.807) is 14.7 Å². The molecule has 176 valence electrons. The maximum absolute atomic E-state index is 13.2. The number of hydrogen-bond donors (Lipinski definition) is 0. The van der Waals surface area contributed by atoms with Crippen LogP contribution in [0.25, 0.3) is 0 Å². The van der Waals surface area contributed by atoms with Gasteiger partial charge in [0, 0.05) is 45.7 Å². The molecule has 0 bridgehead atoms. The minimum Gasteiger partial charge on any atom is -0.444 e. The summed E-state index contributed by atoms with van der Waals surface area (Å²) in [4.78, 5) is 42.8. The first-order valence-electron chi connectivity index (χ1n) is 11.0. The van der Waals surface area contributed by atoms with Crippen LogP contribution in [0, 0.1) is 11.7 Å². The predicted molar refractivity (Wildman–Crippen MR) is 119 cm³/mol. The Kier molecular flexibility index (Phi) is 7.64. The fourth-order valence-electron chi connectivity index (χ4n) is 4.01. The minimum atomic E-state index is -0.518. The van der Waals surface area contributed by atoms with Crippen LogP contribution in [0.2, 0.25) is 5.02 Å². The normalized spacial score (nSPS) is 18.0. The van der Waals surface area contributed by atoms with Crippen LogP contribution < -0.4 is 0 Å². The third-order valence-electron chi connectivity index (χ3n) is 5.81. The highest BCUT2D eigenvalue weighted by molar-refractivity contribution is 6.33. The highest BCUT2D eigenvalue weighted by atomic mass is 35.5. The molecule has 0 spiro atoms. The van der Waals surface area contributed by atoms with Gasteiger partial charge in [-0.2, -0.15) is 0 Å². The maximum atomic E-state index is 13.2. The van der Waals surface area contributed by atoms with Crippen molar-refractivity contribution in [2.45, 2.75) is 45.6 Å². The third-order valence-corrected chi connectivity index (χ3v) is 6.12. The second kappa shape index (κ2) is 10.1. The molecule has 2 aliphatic heterocycles. The second-order valence-corrected chi connectivity index (χ2v) is 9.82. The molecule has 3 rings (SSSR count). The Hall–Kier alpha value is -2.35. The molecule has 0 N–H and O–H groups in total. The quantitative estimate of drug-likeness (QED) is 0.678. The average molecular weight is 468 g/mol. The van der Waals surface area contributed by atoms with Gasteiger partial charge in [-0.25, -0.2) is 9.18 Å². The first-order chi connectivity index (χ1) is 15.0. The lowest BCUT2D eigenvalue weighted by Gasteiger charge is -2.37. The van der Waals surface area contributed by atoms with Gasteiger partial charge < -0.3 is 19.4 Å². The van der Waals surface area contributed by atoms with E-state index < -0.39 is 11.4 Å². The van der Waals surface area contributed by atoms with Crippen LogP contribution in [-0.4, -0.2) is 77.5 Å². The third kappa shape index (κ3) is 6.34. The minimum absolute atomic E-state index is 0.0765. The number of likely N-dealkylation sites (tertiary alicyclic amines) is 1. The smallest absolute Gasteiger partial charge is 0.410 e. The number of piperazine rings is 1. The summed E-state index contributed by atoms with van der Waals surface area (Å²) >= 11 is 6.01. The Labute approximate surface area is 193 Å². The van der Waals surface area contributed by atoms with E-state index in [1.807, 2.05) is 20.8 Å². The molecule has 1 aromatic carbocycles. The second-order valence-electron chi connectivity index (χ2n) is 9.41. The zero-order chi connectivity index (χ0) is 23.5. The summed E-state index contributed by atoms with van der Waals surface area (Å²) in [7, 11) is 0. The Bertz CT molecular complexity index is 857. The van der Waals surface area contributed by atoms with E-state index in [1.165, 1.54) is 12.1 Å². The van der Waals surface area contributed by atoms with Crippen molar-refractivity contribution in [3.8, 4) is 0 Å². The van der Waals surface area contributed by atoms with Crippen LogP contribution in [0.15, 0.2) is 18.2 Å². The maximum Gasteiger partial charge on any atom is 0.410 e. The molecule has 2 aliphatic rings. The molecule has 0 radical (unpaired) electrons. The van der Waals surface area contributed by atoms with Crippen LogP contribution in [0.1, 0.15) is 50.4 Å². The summed E-state index contributed by atoms with van der Waals surface area (Å²) in [6, 6.07) is 3.73. The lowest BCUT2D eigenvalue weighted by molar-refractivity contribution is -0.134. The molecule has 2 saturated heterocycles. The standard InChI is InChI=1S/C23H31ClFN3O4/c1-23(2,3)32-22(31)28-8-6-16(7-9-28)14-20(29)26-10-12-27(13-11-26)21(30)18-5-4-17(25)15-19(18)24/h4-5,15-16H,6-14H2,1-3H3. The number of amides is 3. The molecule has 3 amide bonds. The molecule has 0 aliphatic carbocycles. The number of ether oxygens (including phenoxy) is 1. The zero-order valence-corrected chi connectivity index (χ0v) is 19.7. The van der Waals surface area contributed by atoms with E-state index in [-0.39, 0.29) is 34.4 Å². The Balaban J connectivity index is 1.43. The number of hydrogen-bond acceptors (Lipinski definition) is 4. The van der Waals surface area contributed by atoms with Crippen molar-refractivity contribution in [3.05, 3.63) is 34.6 Å². The van der Waals surface area contributed by atoms with Crippen LogP contribution >= 0.6 is 11.6 Å². The monoisotopic (exact) mass is 467 g/mol. The van der Waals surface area contributed by atoms with E-state index in [0.29, 0.717) is 45.7 Å². The predicted octanol–water partition coefficient (Wildman–Crippen LogP) is 3.80. The van der Waals surface area contributed by atoms with Gasteiger partial charge in [0.2, 0.25) is 5.91 Å². The van der Waals surface area contributed by atoms with Crippen molar-refractivity contribution in [3.63, 3.8) is 0 Å². The Morgan fingerprint density at radius 1 is 1.00 bits per heavy atom. The molecule has 0 unspecified atom stereocenters. The lowest BCUT2D eigenvalue weighted by Crippen LogP contribution is -2.51. The number of nitrogens with zero attached hydrogens (tertiary/aromatic N) is 3. The largest absolute Gasteiger partial charge is 0.444 e. The van der Waals surface area contributed by atoms with E-state index in [4.69, 9.17) is 16.3 Å². The van der Waals surface area contributed by atoms with E-state index in [2.05, 4.69) is 0 Å². The zero-order valence-electron chi connectivity index (χ0n) is 18.9. The van der Waals surface area contributed by atoms with Crippen molar-refractivity contribution < 1.29 is 23.5 Å². The Morgan fingerprint density at radius 3 is 2.16 bits per heavy atom. The summed E-state index contributed by atoms with van der Waals surface area (Å²) < 4.78 is 18.6. The van der Waals surface area contributed by atoms with Crippen molar-refractivity contribution in [1.82, 2.24) is 14.7 Å². The van der Waals surface area contributed by atoms with Gasteiger partial charge in [-0.1, -0.05) is 11.6 Å². The van der Waals surface area contributed by atoms with Crippen LogP contribution in [0.3, 0.4) is 0 Å². The van der Waals surface area contributed by atoms with Crippen molar-refractivity contribution in [2.24, 2.45) is 5.92 Å². The van der Waals surface area contributed by atoms with Gasteiger partial charge in [0.05, 0.1) is 10.6 Å². The van der Waals surface area contributed by atoms with Gasteiger partial charge in [0.15, 0.2) is 0 Å². The molecule has 0 aromatic heterocycles. The molecule has 2 fully saturated rings. The highest BCUT2D eigenvalue weighted by Crippen LogP contribution is 2.24. The van der Waals surface area contributed by atoms with E-state index in [0.717, 1.165) is 18.9 Å². The average Bonchev–Trinajstić information content (AvgIpc) is 2.72. The molecule has 1 aromatic rings. The van der Waals surface area contributed by atoms with Gasteiger partial charge in [0.25, 0.3) is 5.91 Å². The van der Waals surface area contributed by atoms with Gasteiger partial charge >= 0.3 is 6.09 Å². The van der Waals surface area contributed by atoms with Crippen molar-refractivity contribution >= 4 is 29.5 Å². The summed E-state index contributed by atoms with van der Waals surface area (Å²) in [5.41, 5.74) is -0.250. The fourth-order valence-corrected chi connectivity index (χ4v) is 4.26. The molecule has 0 saturated carbocycles. The van der Waals surface area contributed by atoms with Gasteiger partial charge in [-0.3, -0.25) is 9.59 Å². The summed E-state index contributed by atoms with van der Waals surface area (Å²) in [6.07, 6.45) is 1.68. The van der Waals surface area contributed by atoms with Crippen LogP contribution in [0.4, 0.5) is 9.18 Å². The van der Waals surface area contributed by atoms with Crippen molar-refractivity contribution in [2.75, 3.05) is 39.3 Å². The van der Waals surface area contributed by atoms with Crippen LogP contribution in [-0.2, 0) is 9.53 Å². The molecular formula is C23H31ClFN3O4. The number of rotatable bonds is 3. The molecule has 7 nitrogen and oxygen atoms in total. The topological polar surface area (TPSA) is 70.2 Å². The highest BCUT2D eigenvalue weighted by Gasteiger charge is 2.30. The number of halogens is 2. The fraction of sp³-hybridized carbons (Fsp3) is 0.609. The Morgan fingerprint density at radius 2 is 1.59 bits per heavy atom. The van der Waals surface area contributed by atoms with Crippen molar-refractivity contribution in [1.29, 1.82) is 0 Å². The first-order valence-corrected chi connectivity index (χ1v) is 11.4. The number of carbonyl (C=O) groups excluding carboxylic acids is 3. The summed E-state index contributed by atoms with van der Waals surface area (Å²) in [6.45, 7) is 8.46.